The van der Waals surface area contributed by atoms with Crippen LogP contribution in [-0.2, 0) is 9.39 Å². The Kier molecular flexibility index (Phi) is 5.62. The maximum Gasteiger partial charge on any atom is 0.491 e. The molecule has 0 fully saturated rings. The first-order valence-corrected chi connectivity index (χ1v) is 6.88. The Hall–Kier alpha value is -1.57. The van der Waals surface area contributed by atoms with E-state index in [9.17, 15) is 14.9 Å². The summed E-state index contributed by atoms with van der Waals surface area (Å²) in [6.45, 7) is 6.55. The Labute approximate surface area is 131 Å². The van der Waals surface area contributed by atoms with E-state index in [0.717, 1.165) is 0 Å². The number of hydrogen-bond donors (Lipinski definition) is 2. The van der Waals surface area contributed by atoms with Crippen LogP contribution in [0.2, 0.25) is 0 Å². The number of carbonyl (C=O) groups excluding carboxylic acids is 1. The topological polar surface area (TPSA) is 85.2 Å². The number of hydrogen-bond acceptors (Lipinski definition) is 6. The lowest BCUT2D eigenvalue weighted by Gasteiger charge is -2.38. The predicted molar refractivity (Wildman–Crippen MR) is 83.4 cm³/mol. The van der Waals surface area contributed by atoms with Gasteiger partial charge in [-0.25, -0.2) is 4.79 Å². The van der Waals surface area contributed by atoms with Crippen LogP contribution >= 0.6 is 0 Å². The Morgan fingerprint density at radius 1 is 1.18 bits per heavy atom. The van der Waals surface area contributed by atoms with Gasteiger partial charge in [0.05, 0.1) is 25.4 Å². The lowest BCUT2D eigenvalue weighted by atomic mass is 9.76. The maximum absolute atomic E-state index is 11.6. The molecule has 7 heteroatoms. The summed E-state index contributed by atoms with van der Waals surface area (Å²) in [5.41, 5.74) is -1.48. The average molecular weight is 310 g/mol. The zero-order valence-corrected chi connectivity index (χ0v) is 13.8. The molecule has 0 heterocycles. The van der Waals surface area contributed by atoms with E-state index in [1.54, 1.807) is 33.8 Å². The van der Waals surface area contributed by atoms with Crippen molar-refractivity contribution in [1.82, 2.24) is 0 Å². The molecule has 0 amide bonds. The largest absolute Gasteiger partial charge is 0.496 e. The lowest BCUT2D eigenvalue weighted by Crippen LogP contribution is -2.53. The first kappa shape index (κ1) is 18.5. The fourth-order valence-corrected chi connectivity index (χ4v) is 1.63. The fourth-order valence-electron chi connectivity index (χ4n) is 1.63. The van der Waals surface area contributed by atoms with Crippen molar-refractivity contribution in [1.29, 1.82) is 0 Å². The Morgan fingerprint density at radius 2 is 1.77 bits per heavy atom. The molecule has 2 N–H and O–H groups in total. The van der Waals surface area contributed by atoms with Gasteiger partial charge in [-0.05, 0) is 45.3 Å². The summed E-state index contributed by atoms with van der Waals surface area (Å²) in [5.74, 6) is -0.260. The normalized spacial score (nSPS) is 12.0. The van der Waals surface area contributed by atoms with E-state index < -0.39 is 24.3 Å². The third-order valence-electron chi connectivity index (χ3n) is 3.80. The first-order chi connectivity index (χ1) is 10.0. The van der Waals surface area contributed by atoms with Crippen molar-refractivity contribution in [3.05, 3.63) is 23.8 Å². The number of benzene rings is 1. The van der Waals surface area contributed by atoms with Gasteiger partial charge in [0.15, 0.2) is 0 Å². The summed E-state index contributed by atoms with van der Waals surface area (Å²) in [7, 11) is 1.42. The van der Waals surface area contributed by atoms with Gasteiger partial charge in [-0.2, -0.15) is 0 Å². The standard InChI is InChI=1S/C15H23BO6/c1-14(2,18)15(3,4)22-16(19)10-7-8-11(13(17)21-6)12(9-10)20-5/h7-9,18-19H,1-6H3. The minimum atomic E-state index is -1.28. The number of ether oxygens (including phenoxy) is 2. The van der Waals surface area contributed by atoms with E-state index >= 15 is 0 Å². The van der Waals surface area contributed by atoms with Gasteiger partial charge < -0.3 is 24.3 Å². The number of methoxy groups -OCH3 is 2. The van der Waals surface area contributed by atoms with Gasteiger partial charge in [0.1, 0.15) is 11.3 Å². The zero-order valence-electron chi connectivity index (χ0n) is 13.8. The number of rotatable bonds is 6. The van der Waals surface area contributed by atoms with Crippen molar-refractivity contribution in [2.75, 3.05) is 14.2 Å². The van der Waals surface area contributed by atoms with Crippen molar-refractivity contribution >= 4 is 18.6 Å². The van der Waals surface area contributed by atoms with E-state index in [0.29, 0.717) is 5.46 Å². The molecule has 0 saturated heterocycles. The summed E-state index contributed by atoms with van der Waals surface area (Å²) < 4.78 is 15.3. The summed E-state index contributed by atoms with van der Waals surface area (Å²) in [4.78, 5) is 11.6. The highest BCUT2D eigenvalue weighted by Gasteiger charge is 2.39. The van der Waals surface area contributed by atoms with Crippen molar-refractivity contribution in [2.45, 2.75) is 38.9 Å². The van der Waals surface area contributed by atoms with Crippen LogP contribution in [-0.4, -0.2) is 48.6 Å². The van der Waals surface area contributed by atoms with E-state index in [-0.39, 0.29) is 11.3 Å². The van der Waals surface area contributed by atoms with Gasteiger partial charge in [-0.15, -0.1) is 0 Å². The summed E-state index contributed by atoms with van der Waals surface area (Å²) in [6, 6.07) is 4.53. The molecule has 6 nitrogen and oxygen atoms in total. The molecule has 0 aliphatic rings. The van der Waals surface area contributed by atoms with Gasteiger partial charge in [-0.1, -0.05) is 6.07 Å². The van der Waals surface area contributed by atoms with E-state index in [1.807, 2.05) is 0 Å². The second kappa shape index (κ2) is 6.68. The van der Waals surface area contributed by atoms with Crippen LogP contribution in [0, 0.1) is 0 Å². The molecule has 0 aliphatic carbocycles. The Balaban J connectivity index is 3.05. The average Bonchev–Trinajstić information content (AvgIpc) is 2.44. The molecule has 1 aromatic carbocycles. The van der Waals surface area contributed by atoms with Crippen molar-refractivity contribution in [3.63, 3.8) is 0 Å². The van der Waals surface area contributed by atoms with Gasteiger partial charge in [-0.3, -0.25) is 0 Å². The smallest absolute Gasteiger partial charge is 0.491 e. The highest BCUT2D eigenvalue weighted by Crippen LogP contribution is 2.26. The summed E-state index contributed by atoms with van der Waals surface area (Å²) in [5, 5.41) is 20.3. The molecular weight excluding hydrogens is 287 g/mol. The second-order valence-electron chi connectivity index (χ2n) is 5.99. The number of carbonyl (C=O) groups is 1. The fraction of sp³-hybridized carbons (Fsp3) is 0.533. The monoisotopic (exact) mass is 310 g/mol. The minimum Gasteiger partial charge on any atom is -0.496 e. The van der Waals surface area contributed by atoms with Gasteiger partial charge in [0, 0.05) is 0 Å². The number of esters is 1. The van der Waals surface area contributed by atoms with Gasteiger partial charge in [0.25, 0.3) is 0 Å². The molecule has 0 unspecified atom stereocenters. The molecule has 0 radical (unpaired) electrons. The molecule has 22 heavy (non-hydrogen) atoms. The van der Waals surface area contributed by atoms with Crippen LogP contribution in [0.3, 0.4) is 0 Å². The molecule has 0 saturated carbocycles. The highest BCUT2D eigenvalue weighted by atomic mass is 16.5. The van der Waals surface area contributed by atoms with E-state index in [4.69, 9.17) is 9.39 Å². The van der Waals surface area contributed by atoms with Crippen LogP contribution in [0.1, 0.15) is 38.1 Å². The zero-order chi connectivity index (χ0) is 17.1. The minimum absolute atomic E-state index is 0.252. The quantitative estimate of drug-likeness (QED) is 0.595. The Morgan fingerprint density at radius 3 is 2.23 bits per heavy atom. The number of aliphatic hydroxyl groups is 1. The predicted octanol–water partition coefficient (Wildman–Crippen LogP) is 0.735. The summed E-state index contributed by atoms with van der Waals surface area (Å²) in [6.07, 6.45) is 0. The van der Waals surface area contributed by atoms with Crippen LogP contribution in [0.25, 0.3) is 0 Å². The molecule has 1 aromatic rings. The van der Waals surface area contributed by atoms with E-state index in [1.165, 1.54) is 26.4 Å². The molecule has 0 aromatic heterocycles. The highest BCUT2D eigenvalue weighted by molar-refractivity contribution is 6.60. The molecule has 122 valence electrons. The molecular formula is C15H23BO6. The van der Waals surface area contributed by atoms with Gasteiger partial charge in [0.2, 0.25) is 0 Å². The van der Waals surface area contributed by atoms with Crippen LogP contribution in [0.15, 0.2) is 18.2 Å². The van der Waals surface area contributed by atoms with Crippen LogP contribution < -0.4 is 10.2 Å². The first-order valence-electron chi connectivity index (χ1n) is 6.88. The van der Waals surface area contributed by atoms with Gasteiger partial charge >= 0.3 is 13.1 Å². The maximum atomic E-state index is 11.6. The molecule has 0 atom stereocenters. The molecule has 1 rings (SSSR count). The Bertz CT molecular complexity index is 535. The SMILES string of the molecule is COC(=O)c1ccc(B(O)OC(C)(C)C(C)(C)O)cc1OC. The summed E-state index contributed by atoms with van der Waals surface area (Å²) >= 11 is 0. The van der Waals surface area contributed by atoms with Crippen molar-refractivity contribution in [2.24, 2.45) is 0 Å². The van der Waals surface area contributed by atoms with Crippen LogP contribution in [0.5, 0.6) is 5.75 Å². The molecule has 0 spiro atoms. The third kappa shape index (κ3) is 4.00. The van der Waals surface area contributed by atoms with Crippen molar-refractivity contribution in [3.8, 4) is 5.75 Å². The lowest BCUT2D eigenvalue weighted by molar-refractivity contribution is -0.0982. The van der Waals surface area contributed by atoms with Crippen LogP contribution in [0.4, 0.5) is 0 Å². The molecule has 0 bridgehead atoms. The molecule has 0 aliphatic heterocycles. The van der Waals surface area contributed by atoms with Crippen molar-refractivity contribution < 1.29 is 29.1 Å². The van der Waals surface area contributed by atoms with E-state index in [2.05, 4.69) is 4.74 Å². The second-order valence-corrected chi connectivity index (χ2v) is 5.99. The third-order valence-corrected chi connectivity index (χ3v) is 3.80.